The third kappa shape index (κ3) is 4.21. The van der Waals surface area contributed by atoms with Gasteiger partial charge >= 0.3 is 0 Å². The van der Waals surface area contributed by atoms with Crippen LogP contribution < -0.4 is 5.56 Å². The first-order valence-electron chi connectivity index (χ1n) is 20.2. The Balaban J connectivity index is 1.11. The summed E-state index contributed by atoms with van der Waals surface area (Å²) in [6.07, 6.45) is 3.43. The number of pyridine rings is 1. The molecule has 0 saturated carbocycles. The van der Waals surface area contributed by atoms with Crippen LogP contribution in [0.1, 0.15) is 11.1 Å². The highest BCUT2D eigenvalue weighted by atomic mass is 32.1. The lowest BCUT2D eigenvalue weighted by molar-refractivity contribution is 1.16. The smallest absolute Gasteiger partial charge is 0.263 e. The highest BCUT2D eigenvalue weighted by Crippen LogP contribution is 2.47. The Morgan fingerprint density at radius 1 is 0.467 bits per heavy atom. The first-order valence-corrected chi connectivity index (χ1v) is 21.0. The summed E-state index contributed by atoms with van der Waals surface area (Å²) in [4.78, 5) is 14.0. The summed E-state index contributed by atoms with van der Waals surface area (Å²) in [5.74, 6) is 0. The van der Waals surface area contributed by atoms with E-state index in [1.54, 1.807) is 12.2 Å². The second-order valence-corrected chi connectivity index (χ2v) is 16.7. The molecule has 4 nitrogen and oxygen atoms in total. The second-order valence-electron chi connectivity index (χ2n) is 15.6. The maximum absolute atomic E-state index is 14.0. The molecule has 0 fully saturated rings. The minimum Gasteiger partial charge on any atom is -0.307 e. The molecule has 0 aliphatic carbocycles. The van der Waals surface area contributed by atoms with Crippen molar-refractivity contribution in [2.75, 3.05) is 0 Å². The Labute approximate surface area is 347 Å². The number of benzene rings is 8. The molecule has 60 heavy (non-hydrogen) atoms. The van der Waals surface area contributed by atoms with Crippen LogP contribution in [-0.2, 0) is 0 Å². The van der Waals surface area contributed by atoms with Gasteiger partial charge in [-0.05, 0) is 65.2 Å². The van der Waals surface area contributed by atoms with Crippen molar-refractivity contribution in [3.8, 4) is 22.5 Å². The minimum atomic E-state index is -0.0729. The van der Waals surface area contributed by atoms with Crippen LogP contribution in [-0.4, -0.2) is 13.5 Å². The standard InChI is InChI=1S/C55H33N3OS/c1-3-34-35(4-2)55(59)58-47-30-27-32(31-44(47)40-21-12-20-39(34)51(40)58)36-19-14-26-49-50(36)43-22-13-25-48(54(43)60-49)57-46-24-11-9-18-38(46)42-29-28-41-37-17-8-10-23-45(37)56(52(41)53(42)57)33-15-6-5-7-16-33/h3-31H,1-2H2. The number of nitrogens with zero attached hydrogens (tertiary/aromatic N) is 3. The molecule has 280 valence electrons. The van der Waals surface area contributed by atoms with Gasteiger partial charge < -0.3 is 9.13 Å². The van der Waals surface area contributed by atoms with E-state index < -0.39 is 0 Å². The maximum Gasteiger partial charge on any atom is 0.263 e. The predicted octanol–water partition coefficient (Wildman–Crippen LogP) is 14.6. The molecule has 0 amide bonds. The molecule has 5 heterocycles. The van der Waals surface area contributed by atoms with Crippen molar-refractivity contribution >= 4 is 114 Å². The zero-order chi connectivity index (χ0) is 39.8. The van der Waals surface area contributed by atoms with Gasteiger partial charge in [0.25, 0.3) is 5.56 Å². The molecular weight excluding hydrogens is 751 g/mol. The van der Waals surface area contributed by atoms with E-state index in [0.717, 1.165) is 49.7 Å². The number of hydrogen-bond donors (Lipinski definition) is 0. The van der Waals surface area contributed by atoms with Crippen LogP contribution in [0.15, 0.2) is 182 Å². The Hall–Kier alpha value is -7.73. The van der Waals surface area contributed by atoms with Crippen LogP contribution in [0.5, 0.6) is 0 Å². The van der Waals surface area contributed by atoms with E-state index in [1.165, 1.54) is 69.3 Å². The lowest BCUT2D eigenvalue weighted by Gasteiger charge is -2.13. The predicted molar refractivity (Wildman–Crippen MR) is 257 cm³/mol. The van der Waals surface area contributed by atoms with Crippen molar-refractivity contribution in [1.29, 1.82) is 0 Å². The molecule has 0 N–H and O–H groups in total. The Bertz CT molecular complexity index is 4060. The van der Waals surface area contributed by atoms with Crippen molar-refractivity contribution in [3.63, 3.8) is 0 Å². The van der Waals surface area contributed by atoms with Crippen LogP contribution in [0, 0.1) is 0 Å². The van der Waals surface area contributed by atoms with Crippen LogP contribution in [0.3, 0.4) is 0 Å². The van der Waals surface area contributed by atoms with Gasteiger partial charge in [-0.2, -0.15) is 0 Å². The average molecular weight is 784 g/mol. The lowest BCUT2D eigenvalue weighted by atomic mass is 9.97. The van der Waals surface area contributed by atoms with E-state index in [2.05, 4.69) is 186 Å². The molecule has 0 aliphatic rings. The summed E-state index contributed by atoms with van der Waals surface area (Å²) < 4.78 is 9.29. The summed E-state index contributed by atoms with van der Waals surface area (Å²) >= 11 is 1.85. The molecule has 0 radical (unpaired) electrons. The summed E-state index contributed by atoms with van der Waals surface area (Å²) in [6.45, 7) is 8.04. The number of fused-ring (bicyclic) bond motifs is 13. The largest absolute Gasteiger partial charge is 0.307 e. The molecule has 0 saturated heterocycles. The zero-order valence-corrected chi connectivity index (χ0v) is 33.1. The lowest BCUT2D eigenvalue weighted by Crippen LogP contribution is -2.17. The van der Waals surface area contributed by atoms with Gasteiger partial charge in [0.2, 0.25) is 0 Å². The fourth-order valence-corrected chi connectivity index (χ4v) is 11.5. The van der Waals surface area contributed by atoms with E-state index in [1.807, 2.05) is 15.7 Å². The first kappa shape index (κ1) is 33.3. The van der Waals surface area contributed by atoms with E-state index in [0.29, 0.717) is 5.56 Å². The van der Waals surface area contributed by atoms with Gasteiger partial charge in [-0.3, -0.25) is 9.20 Å². The van der Waals surface area contributed by atoms with Crippen LogP contribution in [0.25, 0.3) is 126 Å². The molecule has 8 aromatic carbocycles. The van der Waals surface area contributed by atoms with E-state index in [9.17, 15) is 4.79 Å². The second kappa shape index (κ2) is 12.1. The molecule has 0 unspecified atom stereocenters. The van der Waals surface area contributed by atoms with Gasteiger partial charge in [0, 0.05) is 64.4 Å². The average Bonchev–Trinajstić information content (AvgIpc) is 4.04. The topological polar surface area (TPSA) is 31.3 Å². The van der Waals surface area contributed by atoms with Gasteiger partial charge in [-0.15, -0.1) is 11.3 Å². The van der Waals surface area contributed by atoms with Crippen molar-refractivity contribution in [1.82, 2.24) is 13.5 Å². The molecule has 13 rings (SSSR count). The van der Waals surface area contributed by atoms with E-state index in [-0.39, 0.29) is 5.56 Å². The number of rotatable bonds is 5. The summed E-state index contributed by atoms with van der Waals surface area (Å²) in [7, 11) is 0. The van der Waals surface area contributed by atoms with Gasteiger partial charge in [-0.1, -0.05) is 141 Å². The minimum absolute atomic E-state index is 0.0729. The molecule has 5 heteroatoms. The summed E-state index contributed by atoms with van der Waals surface area (Å²) in [5.41, 5.74) is 12.5. The van der Waals surface area contributed by atoms with Crippen molar-refractivity contribution < 1.29 is 0 Å². The van der Waals surface area contributed by atoms with Gasteiger partial charge in [0.1, 0.15) is 0 Å². The molecule has 0 aliphatic heterocycles. The fourth-order valence-electron chi connectivity index (χ4n) is 10.3. The van der Waals surface area contributed by atoms with Gasteiger partial charge in [0.15, 0.2) is 0 Å². The number of thiophene rings is 1. The molecule has 5 aromatic heterocycles. The third-order valence-electron chi connectivity index (χ3n) is 12.7. The van der Waals surface area contributed by atoms with E-state index >= 15 is 0 Å². The third-order valence-corrected chi connectivity index (χ3v) is 13.9. The molecule has 0 spiro atoms. The van der Waals surface area contributed by atoms with E-state index in [4.69, 9.17) is 0 Å². The summed E-state index contributed by atoms with van der Waals surface area (Å²) in [6, 6.07) is 59.3. The molecule has 0 atom stereocenters. The number of hydrogen-bond acceptors (Lipinski definition) is 2. The highest BCUT2D eigenvalue weighted by Gasteiger charge is 2.24. The molecule has 0 bridgehead atoms. The SMILES string of the molecule is C=Cc1c(C=C)c2cccc3c4cc(-c5cccc6sc7c(-n8c9ccccc9c9ccc%10c%11ccccc%11n(-c%11ccccc%11)c%10c98)cccc7c56)ccc4n(c1=O)c23. The van der Waals surface area contributed by atoms with Gasteiger partial charge in [-0.25, -0.2) is 0 Å². The van der Waals surface area contributed by atoms with Crippen LogP contribution >= 0.6 is 11.3 Å². The zero-order valence-electron chi connectivity index (χ0n) is 32.3. The van der Waals surface area contributed by atoms with Crippen LogP contribution in [0.2, 0.25) is 0 Å². The maximum atomic E-state index is 14.0. The monoisotopic (exact) mass is 783 g/mol. The molecular formula is C55H33N3OS. The van der Waals surface area contributed by atoms with Crippen molar-refractivity contribution in [3.05, 3.63) is 198 Å². The van der Waals surface area contributed by atoms with Crippen LogP contribution in [0.4, 0.5) is 0 Å². The molecule has 13 aromatic rings. The fraction of sp³-hybridized carbons (Fsp3) is 0. The Kier molecular flexibility index (Phi) is 6.74. The highest BCUT2D eigenvalue weighted by molar-refractivity contribution is 7.26. The normalized spacial score (nSPS) is 12.2. The quantitative estimate of drug-likeness (QED) is 0.171. The van der Waals surface area contributed by atoms with Crippen molar-refractivity contribution in [2.24, 2.45) is 0 Å². The first-order chi connectivity index (χ1) is 29.6. The Morgan fingerprint density at radius 3 is 1.85 bits per heavy atom. The number of para-hydroxylation sites is 4. The van der Waals surface area contributed by atoms with Gasteiger partial charge in [0.05, 0.1) is 43.5 Å². The Morgan fingerprint density at radius 2 is 1.08 bits per heavy atom. The number of aromatic nitrogens is 3. The summed E-state index contributed by atoms with van der Waals surface area (Å²) in [5, 5.41) is 10.5. The van der Waals surface area contributed by atoms with Crippen molar-refractivity contribution in [2.45, 2.75) is 0 Å².